The third kappa shape index (κ3) is 5.53. The molecular weight excluding hydrogens is 312 g/mol. The molecule has 0 aromatic carbocycles. The van der Waals surface area contributed by atoms with Crippen molar-refractivity contribution in [3.63, 3.8) is 0 Å². The summed E-state index contributed by atoms with van der Waals surface area (Å²) in [6, 6.07) is 4.25. The van der Waals surface area contributed by atoms with Crippen LogP contribution in [0.15, 0.2) is 24.5 Å². The fourth-order valence-corrected chi connectivity index (χ4v) is 3.76. The highest BCUT2D eigenvalue weighted by atomic mass is 79.9. The zero-order valence-corrected chi connectivity index (χ0v) is 14.8. The summed E-state index contributed by atoms with van der Waals surface area (Å²) in [5, 5.41) is 1.11. The molecule has 1 heterocycles. The van der Waals surface area contributed by atoms with Crippen molar-refractivity contribution >= 4 is 15.9 Å². The number of aromatic nitrogens is 1. The summed E-state index contributed by atoms with van der Waals surface area (Å²) in [5.74, 6) is 0. The molecule has 0 saturated heterocycles. The Labute approximate surface area is 133 Å². The molecule has 2 nitrogen and oxygen atoms in total. The Bertz CT molecular complexity index is 347. The minimum absolute atomic E-state index is 0.423. The molecule has 0 amide bonds. The van der Waals surface area contributed by atoms with Gasteiger partial charge in [0, 0.05) is 30.8 Å². The Kier molecular flexibility index (Phi) is 8.39. The second kappa shape index (κ2) is 9.51. The summed E-state index contributed by atoms with van der Waals surface area (Å²) in [5.41, 5.74) is 1.78. The monoisotopic (exact) mass is 340 g/mol. The molecule has 0 spiro atoms. The van der Waals surface area contributed by atoms with Gasteiger partial charge in [-0.05, 0) is 42.5 Å². The van der Waals surface area contributed by atoms with Crippen LogP contribution < -0.4 is 0 Å². The largest absolute Gasteiger partial charge is 0.299 e. The van der Waals surface area contributed by atoms with Gasteiger partial charge in [-0.2, -0.15) is 0 Å². The number of halogens is 1. The zero-order valence-electron chi connectivity index (χ0n) is 13.2. The van der Waals surface area contributed by atoms with Crippen LogP contribution in [0.5, 0.6) is 0 Å². The van der Waals surface area contributed by atoms with Gasteiger partial charge in [0.25, 0.3) is 0 Å². The van der Waals surface area contributed by atoms with Gasteiger partial charge in [0.05, 0.1) is 0 Å². The van der Waals surface area contributed by atoms with Crippen molar-refractivity contribution in [1.82, 2.24) is 9.88 Å². The lowest BCUT2D eigenvalue weighted by atomic mass is 9.80. The molecule has 1 aromatic rings. The van der Waals surface area contributed by atoms with Crippen molar-refractivity contribution in [3.8, 4) is 0 Å². The third-order valence-electron chi connectivity index (χ3n) is 4.01. The highest BCUT2D eigenvalue weighted by Gasteiger charge is 2.29. The van der Waals surface area contributed by atoms with Crippen molar-refractivity contribution < 1.29 is 0 Å². The average Bonchev–Trinajstić information content (AvgIpc) is 2.48. The molecule has 0 fully saturated rings. The Morgan fingerprint density at radius 3 is 2.15 bits per heavy atom. The minimum Gasteiger partial charge on any atom is -0.299 e. The molecule has 0 saturated carbocycles. The maximum Gasteiger partial charge on any atom is 0.0271 e. The SMILES string of the molecule is CCCC(CBr)(CCC)CN(CC)Cc1ccncc1. The summed E-state index contributed by atoms with van der Waals surface area (Å²) in [6.07, 6.45) is 8.91. The second-order valence-corrected chi connectivity index (χ2v) is 6.35. The number of hydrogen-bond acceptors (Lipinski definition) is 2. The topological polar surface area (TPSA) is 16.1 Å². The van der Waals surface area contributed by atoms with Crippen molar-refractivity contribution in [2.24, 2.45) is 5.41 Å². The van der Waals surface area contributed by atoms with E-state index in [1.807, 2.05) is 12.4 Å². The first-order chi connectivity index (χ1) is 9.69. The van der Waals surface area contributed by atoms with E-state index in [0.717, 1.165) is 18.4 Å². The minimum atomic E-state index is 0.423. The molecule has 0 bridgehead atoms. The Balaban J connectivity index is 2.72. The lowest BCUT2D eigenvalue weighted by Crippen LogP contribution is -2.38. The van der Waals surface area contributed by atoms with Crippen LogP contribution in [-0.2, 0) is 6.54 Å². The van der Waals surface area contributed by atoms with E-state index in [9.17, 15) is 0 Å². The lowest BCUT2D eigenvalue weighted by molar-refractivity contribution is 0.146. The fraction of sp³-hybridized carbons (Fsp3) is 0.706. The van der Waals surface area contributed by atoms with E-state index in [1.54, 1.807) is 0 Å². The quantitative estimate of drug-likeness (QED) is 0.564. The van der Waals surface area contributed by atoms with Crippen LogP contribution >= 0.6 is 15.9 Å². The maximum absolute atomic E-state index is 4.10. The molecule has 0 aliphatic carbocycles. The fourth-order valence-electron chi connectivity index (χ4n) is 3.02. The predicted octanol–water partition coefficient (Wildman–Crippen LogP) is 4.89. The second-order valence-electron chi connectivity index (χ2n) is 5.79. The van der Waals surface area contributed by atoms with E-state index in [-0.39, 0.29) is 0 Å². The highest BCUT2D eigenvalue weighted by Crippen LogP contribution is 2.33. The molecule has 0 N–H and O–H groups in total. The van der Waals surface area contributed by atoms with E-state index in [0.29, 0.717) is 5.41 Å². The van der Waals surface area contributed by atoms with Crippen molar-refractivity contribution in [3.05, 3.63) is 30.1 Å². The summed E-state index contributed by atoms with van der Waals surface area (Å²) in [4.78, 5) is 6.67. The van der Waals surface area contributed by atoms with Crippen LogP contribution in [0.25, 0.3) is 0 Å². The van der Waals surface area contributed by atoms with Crippen molar-refractivity contribution in [1.29, 1.82) is 0 Å². The Hall–Kier alpha value is -0.410. The molecule has 0 radical (unpaired) electrons. The number of pyridine rings is 1. The van der Waals surface area contributed by atoms with Crippen LogP contribution in [0.1, 0.15) is 52.0 Å². The average molecular weight is 341 g/mol. The zero-order chi connectivity index (χ0) is 14.8. The van der Waals surface area contributed by atoms with Gasteiger partial charge in [-0.3, -0.25) is 9.88 Å². The van der Waals surface area contributed by atoms with Crippen molar-refractivity contribution in [2.45, 2.75) is 53.0 Å². The molecule has 0 unspecified atom stereocenters. The molecule has 114 valence electrons. The molecular formula is C17H29BrN2. The van der Waals surface area contributed by atoms with Crippen LogP contribution in [0.3, 0.4) is 0 Å². The first-order valence-electron chi connectivity index (χ1n) is 7.87. The van der Waals surface area contributed by atoms with Gasteiger partial charge >= 0.3 is 0 Å². The van der Waals surface area contributed by atoms with Crippen molar-refractivity contribution in [2.75, 3.05) is 18.4 Å². The summed E-state index contributed by atoms with van der Waals surface area (Å²) >= 11 is 3.78. The van der Waals surface area contributed by atoms with Crippen LogP contribution in [0.2, 0.25) is 0 Å². The van der Waals surface area contributed by atoms with E-state index < -0.39 is 0 Å². The highest BCUT2D eigenvalue weighted by molar-refractivity contribution is 9.09. The van der Waals surface area contributed by atoms with Gasteiger partial charge in [-0.25, -0.2) is 0 Å². The van der Waals surface area contributed by atoms with Gasteiger partial charge in [0.2, 0.25) is 0 Å². The summed E-state index contributed by atoms with van der Waals surface area (Å²) in [6.45, 7) is 10.2. The van der Waals surface area contributed by atoms with E-state index in [4.69, 9.17) is 0 Å². The van der Waals surface area contributed by atoms with Gasteiger partial charge in [-0.1, -0.05) is 49.5 Å². The Morgan fingerprint density at radius 1 is 1.10 bits per heavy atom. The van der Waals surface area contributed by atoms with Crippen LogP contribution in [0.4, 0.5) is 0 Å². The summed E-state index contributed by atoms with van der Waals surface area (Å²) in [7, 11) is 0. The smallest absolute Gasteiger partial charge is 0.0271 e. The van der Waals surface area contributed by atoms with E-state index >= 15 is 0 Å². The molecule has 0 aliphatic heterocycles. The molecule has 20 heavy (non-hydrogen) atoms. The van der Waals surface area contributed by atoms with E-state index in [1.165, 1.54) is 37.8 Å². The standard InChI is InChI=1S/C17H29BrN2/c1-4-9-17(14-18,10-5-2)15-20(6-3)13-16-7-11-19-12-8-16/h7-8,11-12H,4-6,9-10,13-15H2,1-3H3. The van der Waals surface area contributed by atoms with Gasteiger partial charge in [0.1, 0.15) is 0 Å². The number of nitrogens with zero attached hydrogens (tertiary/aromatic N) is 2. The molecule has 0 aliphatic rings. The molecule has 1 rings (SSSR count). The maximum atomic E-state index is 4.10. The van der Waals surface area contributed by atoms with Gasteiger partial charge < -0.3 is 0 Å². The van der Waals surface area contributed by atoms with Gasteiger partial charge in [0.15, 0.2) is 0 Å². The first-order valence-corrected chi connectivity index (χ1v) is 8.99. The first kappa shape index (κ1) is 17.6. The number of hydrogen-bond donors (Lipinski definition) is 0. The molecule has 3 heteroatoms. The normalized spacial score (nSPS) is 12.1. The van der Waals surface area contributed by atoms with Crippen LogP contribution in [0, 0.1) is 5.41 Å². The predicted molar refractivity (Wildman–Crippen MR) is 91.2 cm³/mol. The lowest BCUT2D eigenvalue weighted by Gasteiger charge is -2.37. The van der Waals surface area contributed by atoms with E-state index in [2.05, 4.69) is 58.7 Å². The summed E-state index contributed by atoms with van der Waals surface area (Å²) < 4.78 is 0. The van der Waals surface area contributed by atoms with Crippen LogP contribution in [-0.4, -0.2) is 28.3 Å². The Morgan fingerprint density at radius 2 is 1.70 bits per heavy atom. The molecule has 0 atom stereocenters. The van der Waals surface area contributed by atoms with Gasteiger partial charge in [-0.15, -0.1) is 0 Å². The number of alkyl halides is 1. The third-order valence-corrected chi connectivity index (χ3v) is 5.20. The number of rotatable bonds is 10. The molecule has 1 aromatic heterocycles.